The SMILES string of the molecule is COc1nc(Nc2ccc(C)cc2N)nc(OC)n1. The zero-order valence-corrected chi connectivity index (χ0v) is 11.0. The van der Waals surface area contributed by atoms with Gasteiger partial charge in [0.2, 0.25) is 5.95 Å². The third kappa shape index (κ3) is 3.01. The van der Waals surface area contributed by atoms with E-state index in [1.54, 1.807) is 0 Å². The molecule has 0 amide bonds. The van der Waals surface area contributed by atoms with Crippen LogP contribution in [0.15, 0.2) is 18.2 Å². The molecule has 0 saturated carbocycles. The number of hydrogen-bond donors (Lipinski definition) is 2. The van der Waals surface area contributed by atoms with Gasteiger partial charge in [0.25, 0.3) is 0 Å². The summed E-state index contributed by atoms with van der Waals surface area (Å²) in [6, 6.07) is 5.99. The van der Waals surface area contributed by atoms with Gasteiger partial charge in [0, 0.05) is 0 Å². The summed E-state index contributed by atoms with van der Waals surface area (Å²) < 4.78 is 9.94. The average molecular weight is 261 g/mol. The van der Waals surface area contributed by atoms with Gasteiger partial charge in [-0.2, -0.15) is 9.97 Å². The van der Waals surface area contributed by atoms with E-state index in [4.69, 9.17) is 15.2 Å². The van der Waals surface area contributed by atoms with E-state index in [1.807, 2.05) is 25.1 Å². The molecule has 0 radical (unpaired) electrons. The van der Waals surface area contributed by atoms with Crippen molar-refractivity contribution in [1.29, 1.82) is 0 Å². The molecule has 1 aromatic heterocycles. The molecule has 0 aliphatic carbocycles. The largest absolute Gasteiger partial charge is 0.467 e. The number of rotatable bonds is 4. The van der Waals surface area contributed by atoms with Crippen molar-refractivity contribution in [2.45, 2.75) is 6.92 Å². The summed E-state index contributed by atoms with van der Waals surface area (Å²) in [7, 11) is 2.94. The smallest absolute Gasteiger partial charge is 0.324 e. The number of aromatic nitrogens is 3. The van der Waals surface area contributed by atoms with Crippen LogP contribution in [0.5, 0.6) is 12.0 Å². The van der Waals surface area contributed by atoms with Gasteiger partial charge < -0.3 is 20.5 Å². The molecule has 19 heavy (non-hydrogen) atoms. The summed E-state index contributed by atoms with van der Waals surface area (Å²) in [6.07, 6.45) is 0. The number of benzene rings is 1. The molecule has 0 unspecified atom stereocenters. The molecule has 0 atom stereocenters. The van der Waals surface area contributed by atoms with Gasteiger partial charge in [0.1, 0.15) is 0 Å². The number of hydrogen-bond acceptors (Lipinski definition) is 7. The molecule has 100 valence electrons. The lowest BCUT2D eigenvalue weighted by Gasteiger charge is -2.09. The van der Waals surface area contributed by atoms with Gasteiger partial charge in [-0.05, 0) is 24.6 Å². The van der Waals surface area contributed by atoms with Gasteiger partial charge in [-0.1, -0.05) is 6.07 Å². The monoisotopic (exact) mass is 261 g/mol. The van der Waals surface area contributed by atoms with Crippen LogP contribution in [-0.2, 0) is 0 Å². The van der Waals surface area contributed by atoms with Crippen molar-refractivity contribution < 1.29 is 9.47 Å². The summed E-state index contributed by atoms with van der Waals surface area (Å²) >= 11 is 0. The zero-order valence-electron chi connectivity index (χ0n) is 11.0. The first-order valence-corrected chi connectivity index (χ1v) is 5.59. The molecule has 0 aliphatic heterocycles. The molecular formula is C12H15N5O2. The predicted octanol–water partition coefficient (Wildman–Crippen LogP) is 1.52. The Morgan fingerprint density at radius 1 is 1.05 bits per heavy atom. The standard InChI is InChI=1S/C12H15N5O2/c1-7-4-5-9(8(13)6-7)14-10-15-11(18-2)17-12(16-10)19-3/h4-6H,13H2,1-3H3,(H,14,15,16,17). The van der Waals surface area contributed by atoms with Crippen LogP contribution in [0.25, 0.3) is 0 Å². The lowest BCUT2D eigenvalue weighted by atomic mass is 10.2. The van der Waals surface area contributed by atoms with Crippen LogP contribution in [0.1, 0.15) is 5.56 Å². The van der Waals surface area contributed by atoms with Crippen LogP contribution in [-0.4, -0.2) is 29.2 Å². The minimum Gasteiger partial charge on any atom is -0.467 e. The van der Waals surface area contributed by atoms with E-state index in [-0.39, 0.29) is 12.0 Å². The molecule has 0 spiro atoms. The number of nitrogen functional groups attached to an aromatic ring is 1. The van der Waals surface area contributed by atoms with Gasteiger partial charge in [-0.15, -0.1) is 4.98 Å². The molecule has 3 N–H and O–H groups in total. The Labute approximate surface area is 110 Å². The van der Waals surface area contributed by atoms with Crippen molar-refractivity contribution >= 4 is 17.3 Å². The number of methoxy groups -OCH3 is 2. The Balaban J connectivity index is 2.31. The maximum Gasteiger partial charge on any atom is 0.324 e. The molecule has 0 fully saturated rings. The molecule has 1 aromatic carbocycles. The molecule has 0 aliphatic rings. The quantitative estimate of drug-likeness (QED) is 0.805. The molecule has 2 rings (SSSR count). The molecule has 0 bridgehead atoms. The number of aryl methyl sites for hydroxylation is 1. The Bertz CT molecular complexity index is 566. The molecule has 0 saturated heterocycles. The number of anilines is 3. The van der Waals surface area contributed by atoms with E-state index >= 15 is 0 Å². The first kappa shape index (κ1) is 12.9. The van der Waals surface area contributed by atoms with Crippen LogP contribution in [0.3, 0.4) is 0 Å². The van der Waals surface area contributed by atoms with Crippen LogP contribution in [0.4, 0.5) is 17.3 Å². The third-order valence-electron chi connectivity index (χ3n) is 2.41. The number of ether oxygens (including phenoxy) is 2. The second-order valence-corrected chi connectivity index (χ2v) is 3.85. The number of nitrogens with one attached hydrogen (secondary N) is 1. The fourth-order valence-electron chi connectivity index (χ4n) is 1.49. The van der Waals surface area contributed by atoms with Gasteiger partial charge in [-0.25, -0.2) is 0 Å². The molecule has 2 aromatic rings. The molecule has 7 heteroatoms. The van der Waals surface area contributed by atoms with E-state index in [9.17, 15) is 0 Å². The fourth-order valence-corrected chi connectivity index (χ4v) is 1.49. The molecular weight excluding hydrogens is 246 g/mol. The minimum atomic E-state index is 0.167. The second-order valence-electron chi connectivity index (χ2n) is 3.85. The minimum absolute atomic E-state index is 0.167. The Morgan fingerprint density at radius 3 is 2.21 bits per heavy atom. The Kier molecular flexibility index (Phi) is 3.65. The highest BCUT2D eigenvalue weighted by molar-refractivity contribution is 5.70. The average Bonchev–Trinajstić information content (AvgIpc) is 2.41. The topological polar surface area (TPSA) is 95.2 Å². The summed E-state index contributed by atoms with van der Waals surface area (Å²) in [6.45, 7) is 1.97. The van der Waals surface area contributed by atoms with Crippen LogP contribution in [0, 0.1) is 6.92 Å². The van der Waals surface area contributed by atoms with Gasteiger partial charge in [0.05, 0.1) is 25.6 Å². The van der Waals surface area contributed by atoms with Gasteiger partial charge >= 0.3 is 12.0 Å². The van der Waals surface area contributed by atoms with Crippen molar-refractivity contribution in [3.05, 3.63) is 23.8 Å². The number of nitrogens with two attached hydrogens (primary N) is 1. The summed E-state index contributed by atoms with van der Waals surface area (Å²) in [4.78, 5) is 12.0. The van der Waals surface area contributed by atoms with Crippen molar-refractivity contribution in [2.75, 3.05) is 25.3 Å². The normalized spacial score (nSPS) is 10.1. The third-order valence-corrected chi connectivity index (χ3v) is 2.41. The van der Waals surface area contributed by atoms with Crippen LogP contribution < -0.4 is 20.5 Å². The van der Waals surface area contributed by atoms with Gasteiger partial charge in [0.15, 0.2) is 0 Å². The fraction of sp³-hybridized carbons (Fsp3) is 0.250. The molecule has 1 heterocycles. The lowest BCUT2D eigenvalue weighted by molar-refractivity contribution is 0.341. The maximum absolute atomic E-state index is 5.91. The van der Waals surface area contributed by atoms with E-state index in [1.165, 1.54) is 14.2 Å². The highest BCUT2D eigenvalue weighted by Crippen LogP contribution is 2.23. The summed E-state index contributed by atoms with van der Waals surface area (Å²) in [5.41, 5.74) is 8.31. The first-order chi connectivity index (χ1) is 9.12. The van der Waals surface area contributed by atoms with Crippen molar-refractivity contribution in [1.82, 2.24) is 15.0 Å². The first-order valence-electron chi connectivity index (χ1n) is 5.59. The highest BCUT2D eigenvalue weighted by atomic mass is 16.5. The maximum atomic E-state index is 5.91. The highest BCUT2D eigenvalue weighted by Gasteiger charge is 2.08. The lowest BCUT2D eigenvalue weighted by Crippen LogP contribution is -2.05. The van der Waals surface area contributed by atoms with Crippen LogP contribution in [0.2, 0.25) is 0 Å². The number of nitrogens with zero attached hydrogens (tertiary/aromatic N) is 3. The van der Waals surface area contributed by atoms with E-state index in [2.05, 4.69) is 20.3 Å². The molecule has 7 nitrogen and oxygen atoms in total. The summed E-state index contributed by atoms with van der Waals surface area (Å²) in [5.74, 6) is 0.305. The van der Waals surface area contributed by atoms with E-state index < -0.39 is 0 Å². The van der Waals surface area contributed by atoms with E-state index in [0.717, 1.165) is 5.56 Å². The zero-order chi connectivity index (χ0) is 13.8. The van der Waals surface area contributed by atoms with E-state index in [0.29, 0.717) is 17.3 Å². The predicted molar refractivity (Wildman–Crippen MR) is 71.8 cm³/mol. The Morgan fingerprint density at radius 2 is 1.68 bits per heavy atom. The van der Waals surface area contributed by atoms with Crippen LogP contribution >= 0.6 is 0 Å². The Hall–Kier alpha value is -2.57. The second kappa shape index (κ2) is 5.38. The summed E-state index contributed by atoms with van der Waals surface area (Å²) in [5, 5.41) is 3.00. The van der Waals surface area contributed by atoms with Crippen molar-refractivity contribution in [3.63, 3.8) is 0 Å². The van der Waals surface area contributed by atoms with Crippen molar-refractivity contribution in [2.24, 2.45) is 0 Å². The van der Waals surface area contributed by atoms with Crippen molar-refractivity contribution in [3.8, 4) is 12.0 Å². The van der Waals surface area contributed by atoms with Gasteiger partial charge in [-0.3, -0.25) is 0 Å².